The van der Waals surface area contributed by atoms with Crippen molar-refractivity contribution in [2.75, 3.05) is 0 Å². The number of rotatable bonds is 2. The van der Waals surface area contributed by atoms with E-state index in [-0.39, 0.29) is 5.78 Å². The van der Waals surface area contributed by atoms with E-state index in [1.54, 1.807) is 36.5 Å². The number of benzene rings is 2. The van der Waals surface area contributed by atoms with Crippen molar-refractivity contribution < 1.29 is 9.18 Å². The van der Waals surface area contributed by atoms with Gasteiger partial charge in [-0.1, -0.05) is 17.7 Å². The maximum atomic E-state index is 13.9. The highest BCUT2D eigenvalue weighted by atomic mass is 35.5. The zero-order valence-electron chi connectivity index (χ0n) is 10.7. The highest BCUT2D eigenvalue weighted by Crippen LogP contribution is 2.25. The second-order valence-electron chi connectivity index (χ2n) is 4.66. The molecule has 0 saturated heterocycles. The minimum Gasteiger partial charge on any atom is -0.360 e. The minimum absolute atomic E-state index is 0.221. The molecule has 0 aliphatic rings. The van der Waals surface area contributed by atoms with Crippen LogP contribution in [0.1, 0.15) is 21.5 Å². The molecule has 100 valence electrons. The summed E-state index contributed by atoms with van der Waals surface area (Å²) in [5.74, 6) is -0.626. The van der Waals surface area contributed by atoms with E-state index in [9.17, 15) is 9.18 Å². The lowest BCUT2D eigenvalue weighted by molar-refractivity contribution is 0.104. The molecule has 0 aliphatic carbocycles. The lowest BCUT2D eigenvalue weighted by Gasteiger charge is -2.03. The summed E-state index contributed by atoms with van der Waals surface area (Å²) in [5.41, 5.74) is 2.26. The number of nitrogens with one attached hydrogen (secondary N) is 1. The Kier molecular flexibility index (Phi) is 3.07. The number of hydrogen-bond donors (Lipinski definition) is 1. The van der Waals surface area contributed by atoms with Gasteiger partial charge >= 0.3 is 0 Å². The number of halogens is 2. The van der Waals surface area contributed by atoms with Gasteiger partial charge in [0.1, 0.15) is 5.82 Å². The molecule has 1 aromatic heterocycles. The summed E-state index contributed by atoms with van der Waals surface area (Å²) in [7, 11) is 0. The lowest BCUT2D eigenvalue weighted by atomic mass is 10.0. The van der Waals surface area contributed by atoms with Gasteiger partial charge in [-0.15, -0.1) is 0 Å². The molecule has 0 radical (unpaired) electrons. The summed E-state index contributed by atoms with van der Waals surface area (Å²) in [6, 6.07) is 9.73. The smallest absolute Gasteiger partial charge is 0.195 e. The summed E-state index contributed by atoms with van der Waals surface area (Å²) >= 11 is 5.95. The fourth-order valence-corrected chi connectivity index (χ4v) is 2.38. The predicted molar refractivity (Wildman–Crippen MR) is 77.9 cm³/mol. The normalized spacial score (nSPS) is 10.9. The quantitative estimate of drug-likeness (QED) is 0.692. The van der Waals surface area contributed by atoms with E-state index in [0.717, 1.165) is 5.56 Å². The summed E-state index contributed by atoms with van der Waals surface area (Å²) in [6.45, 7) is 1.83. The molecule has 20 heavy (non-hydrogen) atoms. The van der Waals surface area contributed by atoms with Crippen LogP contribution in [0.5, 0.6) is 0 Å². The van der Waals surface area contributed by atoms with Crippen molar-refractivity contribution >= 4 is 28.3 Å². The van der Waals surface area contributed by atoms with Gasteiger partial charge in [0.25, 0.3) is 0 Å². The van der Waals surface area contributed by atoms with E-state index < -0.39 is 5.82 Å². The maximum absolute atomic E-state index is 13.9. The summed E-state index contributed by atoms with van der Waals surface area (Å²) in [5, 5.41) is 0.928. The number of aryl methyl sites for hydroxylation is 1. The van der Waals surface area contributed by atoms with Gasteiger partial charge < -0.3 is 4.98 Å². The molecule has 3 aromatic rings. The highest BCUT2D eigenvalue weighted by Gasteiger charge is 2.17. The number of carbonyl (C=O) groups excluding carboxylic acids is 1. The van der Waals surface area contributed by atoms with Crippen LogP contribution in [0.15, 0.2) is 42.6 Å². The Morgan fingerprint density at radius 2 is 2.05 bits per heavy atom. The van der Waals surface area contributed by atoms with E-state index in [1.165, 1.54) is 6.07 Å². The van der Waals surface area contributed by atoms with E-state index in [0.29, 0.717) is 27.1 Å². The molecule has 0 unspecified atom stereocenters. The third-order valence-electron chi connectivity index (χ3n) is 3.32. The van der Waals surface area contributed by atoms with Crippen LogP contribution in [0.2, 0.25) is 5.02 Å². The maximum Gasteiger partial charge on any atom is 0.195 e. The standard InChI is InChI=1S/C16H11ClFNO/c1-9-7-10(5-6-12(9)17)16(20)11-8-19-14-4-2-3-13(18)15(11)14/h2-8,19H,1H3. The van der Waals surface area contributed by atoms with Crippen molar-refractivity contribution in [2.24, 2.45) is 0 Å². The molecule has 1 heterocycles. The van der Waals surface area contributed by atoms with Crippen molar-refractivity contribution in [3.63, 3.8) is 0 Å². The Hall–Kier alpha value is -2.13. The SMILES string of the molecule is Cc1cc(C(=O)c2c[nH]c3cccc(F)c23)ccc1Cl. The molecule has 0 spiro atoms. The van der Waals surface area contributed by atoms with E-state index in [2.05, 4.69) is 4.98 Å². The monoisotopic (exact) mass is 287 g/mol. The van der Waals surface area contributed by atoms with E-state index in [1.807, 2.05) is 6.92 Å². The Morgan fingerprint density at radius 1 is 1.25 bits per heavy atom. The third-order valence-corrected chi connectivity index (χ3v) is 3.74. The molecule has 4 heteroatoms. The fraction of sp³-hybridized carbons (Fsp3) is 0.0625. The lowest BCUT2D eigenvalue weighted by Crippen LogP contribution is -2.01. The van der Waals surface area contributed by atoms with Gasteiger partial charge in [0.05, 0.1) is 5.56 Å². The number of H-pyrrole nitrogens is 1. The number of aromatic amines is 1. The fourth-order valence-electron chi connectivity index (χ4n) is 2.26. The van der Waals surface area contributed by atoms with Gasteiger partial charge in [-0.25, -0.2) is 4.39 Å². The van der Waals surface area contributed by atoms with Crippen LogP contribution >= 0.6 is 11.6 Å². The van der Waals surface area contributed by atoms with Crippen molar-refractivity contribution in [2.45, 2.75) is 6.92 Å². The third kappa shape index (κ3) is 2.00. The minimum atomic E-state index is -0.405. The second kappa shape index (κ2) is 4.76. The second-order valence-corrected chi connectivity index (χ2v) is 5.07. The first-order valence-electron chi connectivity index (χ1n) is 6.14. The molecule has 0 saturated carbocycles. The van der Waals surface area contributed by atoms with Gasteiger partial charge in [0.2, 0.25) is 0 Å². The zero-order chi connectivity index (χ0) is 14.3. The van der Waals surface area contributed by atoms with Crippen molar-refractivity contribution in [3.8, 4) is 0 Å². The Labute approximate surface area is 120 Å². The Balaban J connectivity index is 2.15. The molecule has 0 fully saturated rings. The first-order valence-corrected chi connectivity index (χ1v) is 6.52. The van der Waals surface area contributed by atoms with Gasteiger partial charge in [-0.2, -0.15) is 0 Å². The topological polar surface area (TPSA) is 32.9 Å². The molecule has 0 amide bonds. The van der Waals surface area contributed by atoms with Gasteiger partial charge in [-0.05, 0) is 42.8 Å². The van der Waals surface area contributed by atoms with Gasteiger partial charge in [-0.3, -0.25) is 4.79 Å². The van der Waals surface area contributed by atoms with Crippen LogP contribution < -0.4 is 0 Å². The average Bonchev–Trinajstić information content (AvgIpc) is 2.86. The summed E-state index contributed by atoms with van der Waals surface area (Å²) in [6.07, 6.45) is 1.54. The van der Waals surface area contributed by atoms with Crippen molar-refractivity contribution in [1.29, 1.82) is 0 Å². The number of hydrogen-bond acceptors (Lipinski definition) is 1. The van der Waals surface area contributed by atoms with E-state index in [4.69, 9.17) is 11.6 Å². The first kappa shape index (κ1) is 12.9. The van der Waals surface area contributed by atoms with Crippen LogP contribution in [0.3, 0.4) is 0 Å². The van der Waals surface area contributed by atoms with E-state index >= 15 is 0 Å². The molecule has 2 nitrogen and oxygen atoms in total. The molecule has 0 atom stereocenters. The predicted octanol–water partition coefficient (Wildman–Crippen LogP) is 4.50. The van der Waals surface area contributed by atoms with Crippen LogP contribution in [-0.4, -0.2) is 10.8 Å². The van der Waals surface area contributed by atoms with Crippen molar-refractivity contribution in [3.05, 3.63) is 70.1 Å². The molecular formula is C16H11ClFNO. The summed E-state index contributed by atoms with van der Waals surface area (Å²) < 4.78 is 13.9. The molecule has 3 rings (SSSR count). The average molecular weight is 288 g/mol. The largest absolute Gasteiger partial charge is 0.360 e. The molecular weight excluding hydrogens is 277 g/mol. The van der Waals surface area contributed by atoms with Crippen LogP contribution in [0.25, 0.3) is 10.9 Å². The number of fused-ring (bicyclic) bond motifs is 1. The Bertz CT molecular complexity index is 822. The first-order chi connectivity index (χ1) is 9.58. The number of aromatic nitrogens is 1. The van der Waals surface area contributed by atoms with Crippen LogP contribution in [0.4, 0.5) is 4.39 Å². The van der Waals surface area contributed by atoms with Crippen LogP contribution in [-0.2, 0) is 0 Å². The van der Waals surface area contributed by atoms with Gasteiger partial charge in [0.15, 0.2) is 5.78 Å². The van der Waals surface area contributed by atoms with Crippen LogP contribution in [0, 0.1) is 12.7 Å². The number of ketones is 1. The number of carbonyl (C=O) groups is 1. The molecule has 1 N–H and O–H groups in total. The van der Waals surface area contributed by atoms with Gasteiger partial charge in [0, 0.05) is 27.7 Å². The summed E-state index contributed by atoms with van der Waals surface area (Å²) in [4.78, 5) is 15.4. The Morgan fingerprint density at radius 3 is 2.80 bits per heavy atom. The highest BCUT2D eigenvalue weighted by molar-refractivity contribution is 6.31. The van der Waals surface area contributed by atoms with Crippen molar-refractivity contribution in [1.82, 2.24) is 4.98 Å². The zero-order valence-corrected chi connectivity index (χ0v) is 11.5. The molecule has 2 aromatic carbocycles. The molecule has 0 aliphatic heterocycles. The molecule has 0 bridgehead atoms.